The minimum Gasteiger partial charge on any atom is -0.371 e. The van der Waals surface area contributed by atoms with Crippen LogP contribution in [-0.2, 0) is 26.0 Å². The molecule has 0 aromatic heterocycles. The van der Waals surface area contributed by atoms with Crippen molar-refractivity contribution in [1.29, 1.82) is 0 Å². The smallest absolute Gasteiger partial charge is 0.221 e. The van der Waals surface area contributed by atoms with Crippen LogP contribution < -0.4 is 10.0 Å². The predicted octanol–water partition coefficient (Wildman–Crippen LogP) is 0.356. The van der Waals surface area contributed by atoms with Crippen molar-refractivity contribution >= 4 is 15.9 Å². The second-order valence-electron chi connectivity index (χ2n) is 5.03. The number of benzene rings is 1. The summed E-state index contributed by atoms with van der Waals surface area (Å²) in [6, 6.07) is 8.04. The molecular weight excluding hydrogens is 292 g/mol. The van der Waals surface area contributed by atoms with E-state index in [1.54, 1.807) is 0 Å². The monoisotopic (exact) mass is 312 g/mol. The molecule has 0 spiro atoms. The predicted molar refractivity (Wildman–Crippen MR) is 79.3 cm³/mol. The van der Waals surface area contributed by atoms with E-state index in [0.29, 0.717) is 13.2 Å². The Bertz CT molecular complexity index is 601. The van der Waals surface area contributed by atoms with Gasteiger partial charge in [0, 0.05) is 19.5 Å². The van der Waals surface area contributed by atoms with Gasteiger partial charge in [0.05, 0.1) is 12.9 Å². The summed E-state index contributed by atoms with van der Waals surface area (Å²) in [6.45, 7) is 1.15. The molecule has 2 N–H and O–H groups in total. The number of sulfonamides is 1. The lowest BCUT2D eigenvalue weighted by molar-refractivity contribution is -0.121. The third-order valence-electron chi connectivity index (χ3n) is 3.29. The Morgan fingerprint density at radius 2 is 2.14 bits per heavy atom. The molecule has 0 fully saturated rings. The molecule has 7 heteroatoms. The summed E-state index contributed by atoms with van der Waals surface area (Å²) >= 11 is 0. The Balaban J connectivity index is 1.80. The van der Waals surface area contributed by atoms with Crippen molar-refractivity contribution < 1.29 is 17.9 Å². The van der Waals surface area contributed by atoms with Crippen LogP contribution in [0.2, 0.25) is 0 Å². The Morgan fingerprint density at radius 3 is 2.90 bits per heavy atom. The minimum absolute atomic E-state index is 0.104. The molecule has 116 valence electrons. The van der Waals surface area contributed by atoms with Gasteiger partial charge in [-0.3, -0.25) is 4.79 Å². The highest BCUT2D eigenvalue weighted by Crippen LogP contribution is 2.26. The van der Waals surface area contributed by atoms with Gasteiger partial charge in [-0.25, -0.2) is 13.1 Å². The van der Waals surface area contributed by atoms with Crippen LogP contribution in [0.5, 0.6) is 0 Å². The second kappa shape index (κ2) is 7.02. The number of fused-ring (bicyclic) bond motifs is 1. The zero-order valence-electron chi connectivity index (χ0n) is 12.0. The summed E-state index contributed by atoms with van der Waals surface area (Å²) < 4.78 is 29.8. The van der Waals surface area contributed by atoms with Crippen LogP contribution >= 0.6 is 0 Å². The Morgan fingerprint density at radius 1 is 1.38 bits per heavy atom. The van der Waals surface area contributed by atoms with Crippen molar-refractivity contribution in [1.82, 2.24) is 10.0 Å². The third-order valence-corrected chi connectivity index (χ3v) is 4.02. The summed E-state index contributed by atoms with van der Waals surface area (Å²) in [6.07, 6.45) is 1.93. The van der Waals surface area contributed by atoms with E-state index in [0.717, 1.165) is 18.2 Å². The van der Waals surface area contributed by atoms with E-state index in [1.807, 2.05) is 18.2 Å². The zero-order valence-corrected chi connectivity index (χ0v) is 12.8. The molecule has 6 nitrogen and oxygen atoms in total. The number of hydrogen-bond donors (Lipinski definition) is 2. The lowest BCUT2D eigenvalue weighted by Gasteiger charge is -2.26. The van der Waals surface area contributed by atoms with Crippen molar-refractivity contribution in [2.45, 2.75) is 18.9 Å². The molecule has 1 amide bonds. The molecule has 0 radical (unpaired) electrons. The van der Waals surface area contributed by atoms with Gasteiger partial charge in [0.15, 0.2) is 0 Å². The van der Waals surface area contributed by atoms with Gasteiger partial charge in [-0.1, -0.05) is 24.3 Å². The zero-order chi connectivity index (χ0) is 15.3. The van der Waals surface area contributed by atoms with Crippen molar-refractivity contribution in [3.8, 4) is 0 Å². The van der Waals surface area contributed by atoms with E-state index in [1.165, 1.54) is 5.56 Å². The highest BCUT2D eigenvalue weighted by molar-refractivity contribution is 7.88. The summed E-state index contributed by atoms with van der Waals surface area (Å²) in [7, 11) is -3.25. The molecule has 0 saturated heterocycles. The van der Waals surface area contributed by atoms with Crippen molar-refractivity contribution in [3.63, 3.8) is 0 Å². The first-order chi connectivity index (χ1) is 9.96. The number of carbonyl (C=O) groups excluding carboxylic acids is 1. The van der Waals surface area contributed by atoms with Gasteiger partial charge in [0.25, 0.3) is 0 Å². The summed E-state index contributed by atoms with van der Waals surface area (Å²) in [4.78, 5) is 11.7. The van der Waals surface area contributed by atoms with Crippen LogP contribution in [0.3, 0.4) is 0 Å². The maximum absolute atomic E-state index is 11.7. The molecule has 0 unspecified atom stereocenters. The SMILES string of the molecule is CS(=O)(=O)NCCC(=O)NC[C@H]1OCCc2ccccc21. The van der Waals surface area contributed by atoms with E-state index in [-0.39, 0.29) is 25.0 Å². The largest absolute Gasteiger partial charge is 0.371 e. The normalized spacial score (nSPS) is 18.0. The third kappa shape index (κ3) is 5.11. The van der Waals surface area contributed by atoms with Crippen LogP contribution in [-0.4, -0.2) is 40.3 Å². The van der Waals surface area contributed by atoms with E-state index < -0.39 is 10.0 Å². The van der Waals surface area contributed by atoms with Crippen LogP contribution in [0.25, 0.3) is 0 Å². The quantitative estimate of drug-likeness (QED) is 0.794. The van der Waals surface area contributed by atoms with E-state index >= 15 is 0 Å². The maximum Gasteiger partial charge on any atom is 0.221 e. The molecular formula is C14H20N2O4S. The molecule has 2 rings (SSSR count). The van der Waals surface area contributed by atoms with E-state index in [4.69, 9.17) is 4.74 Å². The molecule has 1 aliphatic rings. The van der Waals surface area contributed by atoms with Crippen molar-refractivity contribution in [2.24, 2.45) is 0 Å². The van der Waals surface area contributed by atoms with Crippen LogP contribution in [0.4, 0.5) is 0 Å². The molecule has 1 aromatic rings. The number of rotatable bonds is 6. The summed E-state index contributed by atoms with van der Waals surface area (Å²) in [5.41, 5.74) is 2.36. The average Bonchev–Trinajstić information content (AvgIpc) is 2.43. The molecule has 0 aliphatic carbocycles. The fraction of sp³-hybridized carbons (Fsp3) is 0.500. The van der Waals surface area contributed by atoms with Gasteiger partial charge in [0.2, 0.25) is 15.9 Å². The molecule has 21 heavy (non-hydrogen) atoms. The lowest BCUT2D eigenvalue weighted by Crippen LogP contribution is -2.34. The number of nitrogens with one attached hydrogen (secondary N) is 2. The van der Waals surface area contributed by atoms with E-state index in [2.05, 4.69) is 16.1 Å². The van der Waals surface area contributed by atoms with Gasteiger partial charge >= 0.3 is 0 Å². The van der Waals surface area contributed by atoms with Crippen molar-refractivity contribution in [2.75, 3.05) is 26.0 Å². The Hall–Kier alpha value is -1.44. The Kier molecular flexibility index (Phi) is 5.33. The minimum atomic E-state index is -3.25. The molecule has 1 aliphatic heterocycles. The second-order valence-corrected chi connectivity index (χ2v) is 6.86. The van der Waals surface area contributed by atoms with Crippen LogP contribution in [0, 0.1) is 0 Å². The van der Waals surface area contributed by atoms with Crippen molar-refractivity contribution in [3.05, 3.63) is 35.4 Å². The first kappa shape index (κ1) is 15.9. The number of ether oxygens (including phenoxy) is 1. The first-order valence-electron chi connectivity index (χ1n) is 6.86. The van der Waals surface area contributed by atoms with E-state index in [9.17, 15) is 13.2 Å². The standard InChI is InChI=1S/C14H20N2O4S/c1-21(18,19)16-8-6-14(17)15-10-13-12-5-3-2-4-11(12)7-9-20-13/h2-5,13,16H,6-10H2,1H3,(H,15,17)/t13-/m1/s1. The fourth-order valence-electron chi connectivity index (χ4n) is 2.29. The van der Waals surface area contributed by atoms with Gasteiger partial charge in [0.1, 0.15) is 6.10 Å². The lowest BCUT2D eigenvalue weighted by atomic mass is 9.97. The first-order valence-corrected chi connectivity index (χ1v) is 8.75. The van der Waals surface area contributed by atoms with Gasteiger partial charge in [-0.05, 0) is 17.5 Å². The molecule has 1 aromatic carbocycles. The fourth-order valence-corrected chi connectivity index (χ4v) is 2.76. The van der Waals surface area contributed by atoms with Gasteiger partial charge in [-0.2, -0.15) is 0 Å². The molecule has 0 bridgehead atoms. The molecule has 1 atom stereocenters. The maximum atomic E-state index is 11.7. The van der Waals surface area contributed by atoms with Crippen LogP contribution in [0.15, 0.2) is 24.3 Å². The molecule has 0 saturated carbocycles. The Labute approximate surface area is 124 Å². The highest BCUT2D eigenvalue weighted by atomic mass is 32.2. The molecule has 1 heterocycles. The topological polar surface area (TPSA) is 84.5 Å². The van der Waals surface area contributed by atoms with Gasteiger partial charge in [-0.15, -0.1) is 0 Å². The van der Waals surface area contributed by atoms with Crippen LogP contribution in [0.1, 0.15) is 23.7 Å². The number of carbonyl (C=O) groups is 1. The highest BCUT2D eigenvalue weighted by Gasteiger charge is 2.20. The number of hydrogen-bond acceptors (Lipinski definition) is 4. The number of amides is 1. The van der Waals surface area contributed by atoms with Gasteiger partial charge < -0.3 is 10.1 Å². The summed E-state index contributed by atoms with van der Waals surface area (Å²) in [5, 5.41) is 2.78. The average molecular weight is 312 g/mol. The summed E-state index contributed by atoms with van der Waals surface area (Å²) in [5.74, 6) is -0.196.